The van der Waals surface area contributed by atoms with Gasteiger partial charge in [-0.2, -0.15) is 13.2 Å². The molecule has 1 aromatic carbocycles. The third-order valence-electron chi connectivity index (χ3n) is 4.69. The molecule has 1 aliphatic rings. The fourth-order valence-electron chi connectivity index (χ4n) is 3.18. The summed E-state index contributed by atoms with van der Waals surface area (Å²) in [5.41, 5.74) is 0.843. The van der Waals surface area contributed by atoms with Crippen LogP contribution in [0, 0.1) is 0 Å². The lowest BCUT2D eigenvalue weighted by Gasteiger charge is -2.23. The molecule has 1 saturated heterocycles. The summed E-state index contributed by atoms with van der Waals surface area (Å²) >= 11 is 0. The van der Waals surface area contributed by atoms with E-state index >= 15 is 0 Å². The van der Waals surface area contributed by atoms with Gasteiger partial charge in [0.05, 0.1) is 12.2 Å². The Balaban J connectivity index is 1.63. The second-order valence-electron chi connectivity index (χ2n) is 6.67. The van der Waals surface area contributed by atoms with E-state index in [-0.39, 0.29) is 5.91 Å². The average Bonchev–Trinajstić information content (AvgIpc) is 2.94. The summed E-state index contributed by atoms with van der Waals surface area (Å²) < 4.78 is 43.1. The van der Waals surface area contributed by atoms with Gasteiger partial charge in [-0.05, 0) is 36.2 Å². The van der Waals surface area contributed by atoms with Crippen molar-refractivity contribution >= 4 is 11.7 Å². The number of hydrogen-bond acceptors (Lipinski definition) is 4. The molecule has 5 nitrogen and oxygen atoms in total. The third-order valence-corrected chi connectivity index (χ3v) is 4.69. The first-order valence-electron chi connectivity index (χ1n) is 9.04. The molecule has 0 unspecified atom stereocenters. The molecule has 28 heavy (non-hydrogen) atoms. The Kier molecular flexibility index (Phi) is 6.18. The number of anilines is 1. The molecule has 0 spiro atoms. The van der Waals surface area contributed by atoms with Crippen molar-refractivity contribution in [3.8, 4) is 0 Å². The predicted molar refractivity (Wildman–Crippen MR) is 99.1 cm³/mol. The van der Waals surface area contributed by atoms with E-state index in [1.165, 1.54) is 6.07 Å². The summed E-state index contributed by atoms with van der Waals surface area (Å²) in [7, 11) is 1.62. The molecule has 2 aromatic rings. The number of halogens is 3. The molecule has 2 heterocycles. The number of ether oxygens (including phenoxy) is 1. The van der Waals surface area contributed by atoms with Crippen LogP contribution in [0.25, 0.3) is 0 Å². The Morgan fingerprint density at radius 1 is 1.07 bits per heavy atom. The molecule has 3 rings (SSSR count). The average molecular weight is 393 g/mol. The number of amides is 1. The number of nitrogens with zero attached hydrogens (tertiary/aromatic N) is 3. The normalized spacial score (nSPS) is 15.4. The molecule has 1 amide bonds. The van der Waals surface area contributed by atoms with E-state index in [0.717, 1.165) is 24.2 Å². The smallest absolute Gasteiger partial charge is 0.380 e. The molecule has 150 valence electrons. The molecule has 0 radical (unpaired) electrons. The van der Waals surface area contributed by atoms with E-state index in [4.69, 9.17) is 4.74 Å². The lowest BCUT2D eigenvalue weighted by molar-refractivity contribution is -0.137. The monoisotopic (exact) mass is 393 g/mol. The van der Waals surface area contributed by atoms with Crippen LogP contribution in [0.1, 0.15) is 27.9 Å². The van der Waals surface area contributed by atoms with Crippen LogP contribution < -0.4 is 4.90 Å². The Hall–Kier alpha value is -2.61. The van der Waals surface area contributed by atoms with Gasteiger partial charge >= 0.3 is 6.18 Å². The molecule has 8 heteroatoms. The van der Waals surface area contributed by atoms with E-state index in [1.807, 2.05) is 17.0 Å². The number of alkyl halides is 3. The first-order valence-corrected chi connectivity index (χ1v) is 9.04. The van der Waals surface area contributed by atoms with Crippen molar-refractivity contribution in [1.82, 2.24) is 9.88 Å². The number of aromatic nitrogens is 1. The van der Waals surface area contributed by atoms with Crippen LogP contribution in [0.2, 0.25) is 0 Å². The number of pyridine rings is 1. The number of rotatable bonds is 4. The van der Waals surface area contributed by atoms with Crippen molar-refractivity contribution in [2.75, 3.05) is 38.2 Å². The highest BCUT2D eigenvalue weighted by molar-refractivity contribution is 5.94. The Bertz CT molecular complexity index is 792. The molecular weight excluding hydrogens is 371 g/mol. The summed E-state index contributed by atoms with van der Waals surface area (Å²) in [4.78, 5) is 20.4. The minimum atomic E-state index is -4.40. The standard InChI is InChI=1S/C20H22F3N3O2/c1-28-14-15-3-5-16(6-4-15)19(27)26-10-2-9-25(11-12-26)18-8-7-17(13-24-18)20(21,22)23/h3-8,13H,2,9-12,14H2,1H3. The summed E-state index contributed by atoms with van der Waals surface area (Å²) in [6.07, 6.45) is -2.83. The second kappa shape index (κ2) is 8.60. The number of hydrogen-bond donors (Lipinski definition) is 0. The van der Waals surface area contributed by atoms with Crippen LogP contribution in [-0.2, 0) is 17.5 Å². The molecule has 0 atom stereocenters. The quantitative estimate of drug-likeness (QED) is 0.796. The number of carbonyl (C=O) groups is 1. The van der Waals surface area contributed by atoms with E-state index in [9.17, 15) is 18.0 Å². The van der Waals surface area contributed by atoms with Crippen molar-refractivity contribution in [3.63, 3.8) is 0 Å². The zero-order valence-electron chi connectivity index (χ0n) is 15.6. The summed E-state index contributed by atoms with van der Waals surface area (Å²) in [5.74, 6) is 0.442. The van der Waals surface area contributed by atoms with Gasteiger partial charge in [0.25, 0.3) is 5.91 Å². The Labute approximate surface area is 161 Å². The molecule has 1 fully saturated rings. The SMILES string of the molecule is COCc1ccc(C(=O)N2CCCN(c3ccc(C(F)(F)F)cn3)CC2)cc1. The van der Waals surface area contributed by atoms with Gasteiger partial charge in [-0.25, -0.2) is 4.98 Å². The molecule has 0 aliphatic carbocycles. The number of carbonyl (C=O) groups excluding carboxylic acids is 1. The molecular formula is C20H22F3N3O2. The maximum Gasteiger partial charge on any atom is 0.417 e. The zero-order chi connectivity index (χ0) is 20.1. The first-order chi connectivity index (χ1) is 13.4. The van der Waals surface area contributed by atoms with Gasteiger partial charge in [0.1, 0.15) is 5.82 Å². The third kappa shape index (κ3) is 4.81. The number of methoxy groups -OCH3 is 1. The zero-order valence-corrected chi connectivity index (χ0v) is 15.6. The van der Waals surface area contributed by atoms with Crippen LogP contribution in [-0.4, -0.2) is 49.1 Å². The molecule has 1 aliphatic heterocycles. The van der Waals surface area contributed by atoms with Gasteiger partial charge in [-0.1, -0.05) is 12.1 Å². The highest BCUT2D eigenvalue weighted by Gasteiger charge is 2.31. The van der Waals surface area contributed by atoms with Gasteiger partial charge in [-0.15, -0.1) is 0 Å². The number of benzene rings is 1. The van der Waals surface area contributed by atoms with Crippen LogP contribution in [0.3, 0.4) is 0 Å². The largest absolute Gasteiger partial charge is 0.417 e. The van der Waals surface area contributed by atoms with Crippen LogP contribution in [0.5, 0.6) is 0 Å². The van der Waals surface area contributed by atoms with Gasteiger partial charge in [-0.3, -0.25) is 4.79 Å². The first kappa shape index (κ1) is 20.1. The fraction of sp³-hybridized carbons (Fsp3) is 0.400. The minimum absolute atomic E-state index is 0.0498. The molecule has 0 bridgehead atoms. The Morgan fingerprint density at radius 3 is 2.43 bits per heavy atom. The van der Waals surface area contributed by atoms with Crippen molar-refractivity contribution in [3.05, 3.63) is 59.3 Å². The highest BCUT2D eigenvalue weighted by atomic mass is 19.4. The van der Waals surface area contributed by atoms with E-state index < -0.39 is 11.7 Å². The maximum absolute atomic E-state index is 12.8. The topological polar surface area (TPSA) is 45.7 Å². The van der Waals surface area contributed by atoms with Crippen molar-refractivity contribution < 1.29 is 22.7 Å². The highest BCUT2D eigenvalue weighted by Crippen LogP contribution is 2.29. The van der Waals surface area contributed by atoms with Crippen LogP contribution in [0.4, 0.5) is 19.0 Å². The van der Waals surface area contributed by atoms with Crippen LogP contribution in [0.15, 0.2) is 42.6 Å². The maximum atomic E-state index is 12.8. The van der Waals surface area contributed by atoms with E-state index in [0.29, 0.717) is 44.2 Å². The molecule has 1 aromatic heterocycles. The van der Waals surface area contributed by atoms with Crippen molar-refractivity contribution in [1.29, 1.82) is 0 Å². The second-order valence-corrected chi connectivity index (χ2v) is 6.67. The van der Waals surface area contributed by atoms with Gasteiger partial charge < -0.3 is 14.5 Å². The van der Waals surface area contributed by atoms with Gasteiger partial charge in [0.15, 0.2) is 0 Å². The summed E-state index contributed by atoms with van der Waals surface area (Å²) in [5, 5.41) is 0. The van der Waals surface area contributed by atoms with E-state index in [2.05, 4.69) is 4.98 Å². The predicted octanol–water partition coefficient (Wildman–Crippen LogP) is 3.60. The lowest BCUT2D eigenvalue weighted by Crippen LogP contribution is -2.35. The van der Waals surface area contributed by atoms with E-state index in [1.54, 1.807) is 24.1 Å². The van der Waals surface area contributed by atoms with Gasteiger partial charge in [0.2, 0.25) is 0 Å². The Morgan fingerprint density at radius 2 is 1.82 bits per heavy atom. The summed E-state index contributed by atoms with van der Waals surface area (Å²) in [6, 6.07) is 9.74. The van der Waals surface area contributed by atoms with Crippen molar-refractivity contribution in [2.45, 2.75) is 19.2 Å². The fourth-order valence-corrected chi connectivity index (χ4v) is 3.18. The lowest BCUT2D eigenvalue weighted by atomic mass is 10.1. The van der Waals surface area contributed by atoms with Gasteiger partial charge in [0, 0.05) is 45.0 Å². The van der Waals surface area contributed by atoms with Crippen LogP contribution >= 0.6 is 0 Å². The molecule has 0 N–H and O–H groups in total. The summed E-state index contributed by atoms with van der Waals surface area (Å²) in [6.45, 7) is 2.73. The molecule has 0 saturated carbocycles. The minimum Gasteiger partial charge on any atom is -0.380 e. The van der Waals surface area contributed by atoms with Crippen molar-refractivity contribution in [2.24, 2.45) is 0 Å².